The zero-order chi connectivity index (χ0) is 10.3. The highest BCUT2D eigenvalue weighted by atomic mass is 32.1. The van der Waals surface area contributed by atoms with Gasteiger partial charge in [0.2, 0.25) is 0 Å². The van der Waals surface area contributed by atoms with Gasteiger partial charge in [-0.25, -0.2) is 0 Å². The molecule has 0 bridgehead atoms. The van der Waals surface area contributed by atoms with E-state index in [-0.39, 0.29) is 0 Å². The lowest BCUT2D eigenvalue weighted by Gasteiger charge is -2.03. The maximum atomic E-state index is 3.89. The molecule has 0 radical (unpaired) electrons. The van der Waals surface area contributed by atoms with Gasteiger partial charge in [-0.3, -0.25) is 4.68 Å². The second-order valence-electron chi connectivity index (χ2n) is 3.30. The van der Waals surface area contributed by atoms with Crippen LogP contribution in [-0.2, 0) is 13.0 Å². The monoisotopic (exact) mass is 222 g/mol. The number of nitrogens with one attached hydrogen (secondary N) is 1. The molecule has 2 rings (SSSR count). The van der Waals surface area contributed by atoms with Crippen LogP contribution in [0, 0.1) is 0 Å². The lowest BCUT2D eigenvalue weighted by Crippen LogP contribution is -2.22. The number of hydrogen-bond acceptors (Lipinski definition) is 4. The molecule has 2 heterocycles. The highest BCUT2D eigenvalue weighted by Crippen LogP contribution is 2.05. The number of aromatic nitrogens is 3. The molecule has 5 heteroatoms. The van der Waals surface area contributed by atoms with Crippen molar-refractivity contribution < 1.29 is 0 Å². The topological polar surface area (TPSA) is 42.7 Å². The van der Waals surface area contributed by atoms with E-state index in [0.29, 0.717) is 0 Å². The summed E-state index contributed by atoms with van der Waals surface area (Å²) >= 11 is 1.75. The summed E-state index contributed by atoms with van der Waals surface area (Å²) in [5.41, 5.74) is 1.41. The van der Waals surface area contributed by atoms with Crippen molar-refractivity contribution in [2.75, 3.05) is 13.1 Å². The van der Waals surface area contributed by atoms with Gasteiger partial charge in [-0.1, -0.05) is 5.21 Å². The molecule has 0 saturated carbocycles. The van der Waals surface area contributed by atoms with Crippen molar-refractivity contribution in [1.29, 1.82) is 0 Å². The lowest BCUT2D eigenvalue weighted by molar-refractivity contribution is 0.542. The van der Waals surface area contributed by atoms with Gasteiger partial charge in [0.25, 0.3) is 0 Å². The predicted molar refractivity (Wildman–Crippen MR) is 60.9 cm³/mol. The third-order valence-corrected chi connectivity index (χ3v) is 2.89. The Kier molecular flexibility index (Phi) is 3.87. The van der Waals surface area contributed by atoms with Crippen LogP contribution < -0.4 is 5.32 Å². The van der Waals surface area contributed by atoms with Crippen LogP contribution in [0.15, 0.2) is 29.2 Å². The average Bonchev–Trinajstić information content (AvgIpc) is 2.88. The molecule has 0 atom stereocenters. The predicted octanol–water partition coefficient (Wildman–Crippen LogP) is 1.17. The summed E-state index contributed by atoms with van der Waals surface area (Å²) in [7, 11) is 0. The van der Waals surface area contributed by atoms with Crippen LogP contribution in [0.5, 0.6) is 0 Å². The van der Waals surface area contributed by atoms with Crippen molar-refractivity contribution in [2.24, 2.45) is 0 Å². The average molecular weight is 222 g/mol. The van der Waals surface area contributed by atoms with Gasteiger partial charge in [0.05, 0.1) is 12.7 Å². The Morgan fingerprint density at radius 1 is 1.40 bits per heavy atom. The molecule has 0 spiro atoms. The Labute approximate surface area is 92.9 Å². The van der Waals surface area contributed by atoms with E-state index in [2.05, 4.69) is 32.5 Å². The van der Waals surface area contributed by atoms with Crippen molar-refractivity contribution in [2.45, 2.75) is 13.0 Å². The molecule has 0 unspecified atom stereocenters. The summed E-state index contributed by atoms with van der Waals surface area (Å²) in [6.07, 6.45) is 4.67. The van der Waals surface area contributed by atoms with Gasteiger partial charge < -0.3 is 5.32 Å². The van der Waals surface area contributed by atoms with E-state index < -0.39 is 0 Å². The maximum Gasteiger partial charge on any atom is 0.0692 e. The molecule has 1 N–H and O–H groups in total. The van der Waals surface area contributed by atoms with E-state index >= 15 is 0 Å². The Morgan fingerprint density at radius 3 is 3.13 bits per heavy atom. The van der Waals surface area contributed by atoms with Crippen LogP contribution in [0.2, 0.25) is 0 Å². The normalized spacial score (nSPS) is 10.7. The lowest BCUT2D eigenvalue weighted by atomic mass is 10.2. The summed E-state index contributed by atoms with van der Waals surface area (Å²) in [5, 5.41) is 15.3. The minimum atomic E-state index is 0.879. The third-order valence-electron chi connectivity index (χ3n) is 2.16. The van der Waals surface area contributed by atoms with Gasteiger partial charge in [-0.2, -0.15) is 11.3 Å². The number of rotatable bonds is 6. The van der Waals surface area contributed by atoms with E-state index in [1.165, 1.54) is 5.56 Å². The standard InChI is InChI=1S/C10H14N4S/c1(10-2-8-15-9-10)3-11-4-6-14-7-5-12-13-14/h2,5,7-9,11H,1,3-4,6H2. The Morgan fingerprint density at radius 2 is 2.40 bits per heavy atom. The molecule has 2 aromatic heterocycles. The van der Waals surface area contributed by atoms with Gasteiger partial charge in [0.1, 0.15) is 0 Å². The molecule has 0 aliphatic heterocycles. The quantitative estimate of drug-likeness (QED) is 0.746. The van der Waals surface area contributed by atoms with Gasteiger partial charge in [0.15, 0.2) is 0 Å². The third kappa shape index (κ3) is 3.45. The van der Waals surface area contributed by atoms with E-state index in [1.807, 2.05) is 10.9 Å². The molecule has 0 aliphatic rings. The van der Waals surface area contributed by atoms with Gasteiger partial charge in [-0.05, 0) is 35.4 Å². The first kappa shape index (κ1) is 10.3. The van der Waals surface area contributed by atoms with E-state index in [0.717, 1.165) is 26.1 Å². The summed E-state index contributed by atoms with van der Waals surface area (Å²) in [4.78, 5) is 0. The fraction of sp³-hybridized carbons (Fsp3) is 0.400. The number of hydrogen-bond donors (Lipinski definition) is 1. The molecular weight excluding hydrogens is 208 g/mol. The van der Waals surface area contributed by atoms with Crippen LogP contribution in [0.3, 0.4) is 0 Å². The summed E-state index contributed by atoms with van der Waals surface area (Å²) in [6.45, 7) is 2.84. The molecule has 0 fully saturated rings. The maximum absolute atomic E-state index is 3.89. The SMILES string of the molecule is c1cn(CCNCCc2ccsc2)nn1. The molecule has 0 aliphatic carbocycles. The van der Waals surface area contributed by atoms with E-state index in [9.17, 15) is 0 Å². The first-order chi connectivity index (χ1) is 7.45. The second-order valence-corrected chi connectivity index (χ2v) is 4.08. The minimum absolute atomic E-state index is 0.879. The zero-order valence-corrected chi connectivity index (χ0v) is 9.28. The van der Waals surface area contributed by atoms with Crippen LogP contribution >= 0.6 is 11.3 Å². The van der Waals surface area contributed by atoms with Gasteiger partial charge in [-0.15, -0.1) is 5.10 Å². The highest BCUT2D eigenvalue weighted by Gasteiger charge is 1.93. The number of thiophene rings is 1. The summed E-state index contributed by atoms with van der Waals surface area (Å²) in [5.74, 6) is 0. The fourth-order valence-electron chi connectivity index (χ4n) is 1.34. The molecule has 80 valence electrons. The van der Waals surface area contributed by atoms with Crippen LogP contribution in [0.4, 0.5) is 0 Å². The van der Waals surface area contributed by atoms with Crippen LogP contribution in [-0.4, -0.2) is 28.1 Å². The summed E-state index contributed by atoms with van der Waals surface area (Å²) in [6, 6.07) is 2.17. The first-order valence-electron chi connectivity index (χ1n) is 5.01. The summed E-state index contributed by atoms with van der Waals surface area (Å²) < 4.78 is 1.83. The number of nitrogens with zero attached hydrogens (tertiary/aromatic N) is 3. The largest absolute Gasteiger partial charge is 0.315 e. The van der Waals surface area contributed by atoms with Gasteiger partial charge >= 0.3 is 0 Å². The smallest absolute Gasteiger partial charge is 0.0692 e. The Hall–Kier alpha value is -1.20. The van der Waals surface area contributed by atoms with Crippen molar-refractivity contribution in [3.05, 3.63) is 34.8 Å². The molecule has 2 aromatic rings. The molecule has 0 saturated heterocycles. The fourth-order valence-corrected chi connectivity index (χ4v) is 2.04. The molecule has 0 aromatic carbocycles. The zero-order valence-electron chi connectivity index (χ0n) is 8.47. The minimum Gasteiger partial charge on any atom is -0.315 e. The second kappa shape index (κ2) is 5.63. The van der Waals surface area contributed by atoms with E-state index in [4.69, 9.17) is 0 Å². The van der Waals surface area contributed by atoms with Crippen LogP contribution in [0.25, 0.3) is 0 Å². The highest BCUT2D eigenvalue weighted by molar-refractivity contribution is 7.07. The van der Waals surface area contributed by atoms with Crippen molar-refractivity contribution in [3.8, 4) is 0 Å². The molecule has 15 heavy (non-hydrogen) atoms. The van der Waals surface area contributed by atoms with Crippen molar-refractivity contribution in [3.63, 3.8) is 0 Å². The Balaban J connectivity index is 1.56. The molecular formula is C10H14N4S. The first-order valence-corrected chi connectivity index (χ1v) is 5.95. The van der Waals surface area contributed by atoms with Crippen LogP contribution in [0.1, 0.15) is 5.56 Å². The Bertz CT molecular complexity index is 318. The molecule has 4 nitrogen and oxygen atoms in total. The van der Waals surface area contributed by atoms with Crippen molar-refractivity contribution >= 4 is 11.3 Å². The van der Waals surface area contributed by atoms with E-state index in [1.54, 1.807) is 17.5 Å². The van der Waals surface area contributed by atoms with Gasteiger partial charge in [0, 0.05) is 12.7 Å². The van der Waals surface area contributed by atoms with Crippen molar-refractivity contribution in [1.82, 2.24) is 20.3 Å². The molecule has 0 amide bonds.